The molecule has 0 spiro atoms. The zero-order valence-electron chi connectivity index (χ0n) is 14.2. The molecule has 1 saturated carbocycles. The topological polar surface area (TPSA) is 55.8 Å². The zero-order chi connectivity index (χ0) is 16.4. The van der Waals surface area contributed by atoms with Gasteiger partial charge in [-0.3, -0.25) is 4.79 Å². The molecule has 0 aromatic rings. The molecule has 0 amide bonds. The molecule has 1 aliphatic carbocycles. The van der Waals surface area contributed by atoms with Crippen molar-refractivity contribution >= 4 is 14.3 Å². The van der Waals surface area contributed by atoms with Gasteiger partial charge in [-0.1, -0.05) is 27.4 Å². The molecule has 0 radical (unpaired) electrons. The van der Waals surface area contributed by atoms with Crippen molar-refractivity contribution in [3.8, 4) is 0 Å². The standard InChI is InChI=1S/C16H30O4Si/c1-11-12(9-15(18)19-5)8-13(10-14(11)17)20-21(6,7)16(2,3)4/h12-14,17H,1,8-10H2,2-7H3/t12-,13+,14-/m0/s1. The highest BCUT2D eigenvalue weighted by Crippen LogP contribution is 2.41. The van der Waals surface area contributed by atoms with Crippen LogP contribution in [-0.2, 0) is 14.0 Å². The van der Waals surface area contributed by atoms with E-state index in [2.05, 4.69) is 40.4 Å². The summed E-state index contributed by atoms with van der Waals surface area (Å²) in [6, 6.07) is 0. The number of hydrogen-bond donors (Lipinski definition) is 1. The molecule has 21 heavy (non-hydrogen) atoms. The summed E-state index contributed by atoms with van der Waals surface area (Å²) in [5, 5.41) is 10.3. The number of aliphatic hydroxyl groups is 1. The van der Waals surface area contributed by atoms with E-state index in [9.17, 15) is 9.90 Å². The molecule has 0 aromatic carbocycles. The summed E-state index contributed by atoms with van der Waals surface area (Å²) in [5.74, 6) is -0.322. The number of rotatable bonds is 4. The average molecular weight is 314 g/mol. The number of carbonyl (C=O) groups excluding carboxylic acids is 1. The summed E-state index contributed by atoms with van der Waals surface area (Å²) in [6.45, 7) is 14.9. The molecule has 0 aliphatic heterocycles. The van der Waals surface area contributed by atoms with Crippen LogP contribution in [-0.4, -0.2) is 38.7 Å². The van der Waals surface area contributed by atoms with Gasteiger partial charge in [0, 0.05) is 12.5 Å². The number of aliphatic hydroxyl groups excluding tert-OH is 1. The van der Waals surface area contributed by atoms with Crippen LogP contribution < -0.4 is 0 Å². The van der Waals surface area contributed by atoms with Crippen LogP contribution in [0.4, 0.5) is 0 Å². The SMILES string of the molecule is C=C1[C@H](CC(=O)OC)C[C@@H](O[Si](C)(C)C(C)(C)C)C[C@@H]1O. The Morgan fingerprint density at radius 2 is 1.95 bits per heavy atom. The second-order valence-corrected chi connectivity index (χ2v) is 12.3. The van der Waals surface area contributed by atoms with E-state index in [1.165, 1.54) is 7.11 Å². The highest BCUT2D eigenvalue weighted by atomic mass is 28.4. The third kappa shape index (κ3) is 4.66. The zero-order valence-corrected chi connectivity index (χ0v) is 15.2. The molecule has 4 nitrogen and oxygen atoms in total. The van der Waals surface area contributed by atoms with Gasteiger partial charge in [-0.2, -0.15) is 0 Å². The van der Waals surface area contributed by atoms with Crippen LogP contribution in [0.2, 0.25) is 18.1 Å². The van der Waals surface area contributed by atoms with Crippen molar-refractivity contribution in [1.82, 2.24) is 0 Å². The number of carbonyl (C=O) groups is 1. The highest BCUT2D eigenvalue weighted by Gasteiger charge is 2.42. The summed E-state index contributed by atoms with van der Waals surface area (Å²) in [6.07, 6.45) is 0.966. The van der Waals surface area contributed by atoms with E-state index in [0.29, 0.717) is 6.42 Å². The fourth-order valence-corrected chi connectivity index (χ4v) is 3.81. The van der Waals surface area contributed by atoms with Gasteiger partial charge >= 0.3 is 5.97 Å². The predicted molar refractivity (Wildman–Crippen MR) is 86.6 cm³/mol. The normalized spacial score (nSPS) is 27.6. The third-order valence-corrected chi connectivity index (χ3v) is 9.43. The molecule has 1 fully saturated rings. The van der Waals surface area contributed by atoms with Crippen molar-refractivity contribution in [1.29, 1.82) is 0 Å². The van der Waals surface area contributed by atoms with Crippen molar-refractivity contribution in [2.24, 2.45) is 5.92 Å². The summed E-state index contributed by atoms with van der Waals surface area (Å²) in [5.41, 5.74) is 0.732. The third-order valence-electron chi connectivity index (χ3n) is 4.89. The van der Waals surface area contributed by atoms with Gasteiger partial charge in [-0.25, -0.2) is 0 Å². The fourth-order valence-electron chi connectivity index (χ4n) is 2.43. The minimum atomic E-state index is -1.88. The Kier molecular flexibility index (Phi) is 5.81. The van der Waals surface area contributed by atoms with Gasteiger partial charge in [-0.05, 0) is 36.0 Å². The van der Waals surface area contributed by atoms with E-state index in [0.717, 1.165) is 12.0 Å². The molecule has 0 unspecified atom stereocenters. The maximum atomic E-state index is 11.5. The van der Waals surface area contributed by atoms with Gasteiger partial charge in [0.2, 0.25) is 0 Å². The lowest BCUT2D eigenvalue weighted by molar-refractivity contribution is -0.141. The Morgan fingerprint density at radius 1 is 1.38 bits per heavy atom. The molecule has 122 valence electrons. The van der Waals surface area contributed by atoms with Crippen LogP contribution in [0.15, 0.2) is 12.2 Å². The Balaban J connectivity index is 2.77. The van der Waals surface area contributed by atoms with Crippen molar-refractivity contribution in [2.45, 2.75) is 70.4 Å². The van der Waals surface area contributed by atoms with Gasteiger partial charge in [0.25, 0.3) is 0 Å². The summed E-state index contributed by atoms with van der Waals surface area (Å²) < 4.78 is 11.1. The molecular formula is C16H30O4Si. The second kappa shape index (κ2) is 6.63. The lowest BCUT2D eigenvalue weighted by atomic mass is 9.80. The summed E-state index contributed by atoms with van der Waals surface area (Å²) >= 11 is 0. The molecule has 0 bridgehead atoms. The van der Waals surface area contributed by atoms with Crippen LogP contribution in [0, 0.1) is 5.92 Å². The minimum absolute atomic E-state index is 0.0129. The Hall–Kier alpha value is -0.653. The lowest BCUT2D eigenvalue weighted by Crippen LogP contribution is -2.47. The van der Waals surface area contributed by atoms with Crippen molar-refractivity contribution in [3.05, 3.63) is 12.2 Å². The van der Waals surface area contributed by atoms with Crippen molar-refractivity contribution < 1.29 is 19.1 Å². The average Bonchev–Trinajstić information content (AvgIpc) is 2.33. The quantitative estimate of drug-likeness (QED) is 0.491. The van der Waals surface area contributed by atoms with Gasteiger partial charge in [0.15, 0.2) is 8.32 Å². The number of methoxy groups -OCH3 is 1. The number of ether oxygens (including phenoxy) is 1. The second-order valence-electron chi connectivity index (χ2n) is 7.54. The maximum absolute atomic E-state index is 11.5. The van der Waals surface area contributed by atoms with E-state index in [-0.39, 0.29) is 29.5 Å². The molecular weight excluding hydrogens is 284 g/mol. The molecule has 1 N–H and O–H groups in total. The first kappa shape index (κ1) is 18.4. The molecule has 1 aliphatic rings. The van der Waals surface area contributed by atoms with E-state index >= 15 is 0 Å². The van der Waals surface area contributed by atoms with Crippen LogP contribution in [0.3, 0.4) is 0 Å². The van der Waals surface area contributed by atoms with Gasteiger partial charge in [0.05, 0.1) is 19.6 Å². The van der Waals surface area contributed by atoms with Gasteiger partial charge < -0.3 is 14.3 Å². The molecule has 3 atom stereocenters. The Labute approximate surface area is 129 Å². The molecule has 0 aromatic heterocycles. The highest BCUT2D eigenvalue weighted by molar-refractivity contribution is 6.74. The van der Waals surface area contributed by atoms with Crippen LogP contribution in [0.5, 0.6) is 0 Å². The van der Waals surface area contributed by atoms with Crippen molar-refractivity contribution in [3.63, 3.8) is 0 Å². The summed E-state index contributed by atoms with van der Waals surface area (Å²) in [7, 11) is -0.496. The van der Waals surface area contributed by atoms with Crippen molar-refractivity contribution in [2.75, 3.05) is 7.11 Å². The monoisotopic (exact) mass is 314 g/mol. The molecule has 0 saturated heterocycles. The van der Waals surface area contributed by atoms with E-state index < -0.39 is 14.4 Å². The minimum Gasteiger partial charge on any atom is -0.469 e. The first-order chi connectivity index (χ1) is 9.48. The van der Waals surface area contributed by atoms with Gasteiger partial charge in [0.1, 0.15) is 0 Å². The van der Waals surface area contributed by atoms with E-state index in [4.69, 9.17) is 9.16 Å². The van der Waals surface area contributed by atoms with Gasteiger partial charge in [-0.15, -0.1) is 0 Å². The van der Waals surface area contributed by atoms with Crippen LogP contribution >= 0.6 is 0 Å². The first-order valence-electron chi connectivity index (χ1n) is 7.59. The lowest BCUT2D eigenvalue weighted by Gasteiger charge is -2.43. The number of esters is 1. The van der Waals surface area contributed by atoms with Crippen LogP contribution in [0.25, 0.3) is 0 Å². The first-order valence-corrected chi connectivity index (χ1v) is 10.5. The molecule has 5 heteroatoms. The van der Waals surface area contributed by atoms with E-state index in [1.807, 2.05) is 0 Å². The Bertz CT molecular complexity index is 398. The molecule has 0 heterocycles. The largest absolute Gasteiger partial charge is 0.469 e. The fraction of sp³-hybridized carbons (Fsp3) is 0.812. The smallest absolute Gasteiger partial charge is 0.306 e. The van der Waals surface area contributed by atoms with Crippen LogP contribution in [0.1, 0.15) is 40.0 Å². The predicted octanol–water partition coefficient (Wildman–Crippen LogP) is 3.27. The maximum Gasteiger partial charge on any atom is 0.306 e. The molecule has 1 rings (SSSR count). The number of hydrogen-bond acceptors (Lipinski definition) is 4. The summed E-state index contributed by atoms with van der Waals surface area (Å²) in [4.78, 5) is 11.5. The Morgan fingerprint density at radius 3 is 2.43 bits per heavy atom. The van der Waals surface area contributed by atoms with E-state index in [1.54, 1.807) is 0 Å².